The Bertz CT molecular complexity index is 361. The van der Waals surface area contributed by atoms with E-state index in [9.17, 15) is 4.79 Å². The minimum Gasteiger partial charge on any atom is -0.326 e. The minimum absolute atomic E-state index is 0.0793. The summed E-state index contributed by atoms with van der Waals surface area (Å²) in [7, 11) is 0. The number of anilines is 1. The maximum absolute atomic E-state index is 11.7. The zero-order valence-corrected chi connectivity index (χ0v) is 11.5. The van der Waals surface area contributed by atoms with Crippen LogP contribution in [0.25, 0.3) is 0 Å². The summed E-state index contributed by atoms with van der Waals surface area (Å²) in [6.45, 7) is 6.13. The highest BCUT2D eigenvalue weighted by atomic mass is 79.9. The van der Waals surface area contributed by atoms with Gasteiger partial charge in [0.1, 0.15) is 0 Å². The molecule has 16 heavy (non-hydrogen) atoms. The predicted molar refractivity (Wildman–Crippen MR) is 71.9 cm³/mol. The highest BCUT2D eigenvalue weighted by molar-refractivity contribution is 9.09. The highest BCUT2D eigenvalue weighted by Crippen LogP contribution is 2.28. The van der Waals surface area contributed by atoms with Crippen LogP contribution in [0.1, 0.15) is 37.6 Å². The lowest BCUT2D eigenvalue weighted by molar-refractivity contribution is -0.116. The first-order chi connectivity index (χ1) is 7.50. The molecule has 0 saturated carbocycles. The standard InChI is InChI=1S/C13H18BrNO/c1-9(2)8-13(16)15-12-7-5-4-6-11(12)10(3)14/h4-7,9-10H,8H2,1-3H3,(H,15,16). The fourth-order valence-corrected chi connectivity index (χ4v) is 1.93. The Balaban J connectivity index is 2.77. The molecule has 1 N–H and O–H groups in total. The molecule has 2 nitrogen and oxygen atoms in total. The average molecular weight is 284 g/mol. The summed E-state index contributed by atoms with van der Waals surface area (Å²) in [5, 5.41) is 2.95. The number of hydrogen-bond donors (Lipinski definition) is 1. The number of amides is 1. The van der Waals surface area contributed by atoms with Crippen molar-refractivity contribution in [1.29, 1.82) is 0 Å². The number of carbonyl (C=O) groups excluding carboxylic acids is 1. The molecule has 3 heteroatoms. The van der Waals surface area contributed by atoms with Gasteiger partial charge in [-0.1, -0.05) is 48.0 Å². The Hall–Kier alpha value is -0.830. The summed E-state index contributed by atoms with van der Waals surface area (Å²) < 4.78 is 0. The third-order valence-corrected chi connectivity index (χ3v) is 2.75. The largest absolute Gasteiger partial charge is 0.326 e. The van der Waals surface area contributed by atoms with Gasteiger partial charge in [0, 0.05) is 16.9 Å². The molecule has 0 bridgehead atoms. The van der Waals surface area contributed by atoms with Gasteiger partial charge in [0.25, 0.3) is 0 Å². The number of halogens is 1. The fraction of sp³-hybridized carbons (Fsp3) is 0.462. The van der Waals surface area contributed by atoms with Crippen LogP contribution in [0.5, 0.6) is 0 Å². The third kappa shape index (κ3) is 3.97. The molecule has 0 heterocycles. The van der Waals surface area contributed by atoms with Crippen molar-refractivity contribution in [1.82, 2.24) is 0 Å². The summed E-state index contributed by atoms with van der Waals surface area (Å²) >= 11 is 3.52. The Labute approximate surface area is 106 Å². The molecule has 1 amide bonds. The second-order valence-corrected chi connectivity index (χ2v) is 5.72. The molecule has 0 aromatic heterocycles. The monoisotopic (exact) mass is 283 g/mol. The molecule has 0 radical (unpaired) electrons. The molecule has 1 unspecified atom stereocenters. The van der Waals surface area contributed by atoms with Crippen molar-refractivity contribution in [2.24, 2.45) is 5.92 Å². The zero-order valence-electron chi connectivity index (χ0n) is 9.96. The van der Waals surface area contributed by atoms with Gasteiger partial charge in [0.05, 0.1) is 0 Å². The van der Waals surface area contributed by atoms with E-state index in [0.717, 1.165) is 11.3 Å². The molecule has 0 saturated heterocycles. The van der Waals surface area contributed by atoms with Gasteiger partial charge in [-0.2, -0.15) is 0 Å². The predicted octanol–water partition coefficient (Wildman–Crippen LogP) is 4.13. The van der Waals surface area contributed by atoms with Crippen LogP contribution >= 0.6 is 15.9 Å². The molecule has 1 aromatic rings. The molecule has 0 aliphatic rings. The van der Waals surface area contributed by atoms with E-state index in [1.807, 2.05) is 45.0 Å². The van der Waals surface area contributed by atoms with Gasteiger partial charge in [-0.25, -0.2) is 0 Å². The molecular weight excluding hydrogens is 266 g/mol. The molecule has 1 atom stereocenters. The van der Waals surface area contributed by atoms with E-state index in [-0.39, 0.29) is 10.7 Å². The highest BCUT2D eigenvalue weighted by Gasteiger charge is 2.10. The summed E-state index contributed by atoms with van der Waals surface area (Å²) in [6.07, 6.45) is 0.561. The van der Waals surface area contributed by atoms with Crippen LogP contribution in [0.3, 0.4) is 0 Å². The van der Waals surface area contributed by atoms with E-state index in [1.54, 1.807) is 0 Å². The van der Waals surface area contributed by atoms with Gasteiger partial charge in [-0.15, -0.1) is 0 Å². The molecule has 0 aliphatic carbocycles. The summed E-state index contributed by atoms with van der Waals surface area (Å²) in [6, 6.07) is 7.87. The lowest BCUT2D eigenvalue weighted by Gasteiger charge is -2.13. The third-order valence-electron chi connectivity index (χ3n) is 2.26. The normalized spacial score (nSPS) is 12.6. The van der Waals surface area contributed by atoms with Gasteiger partial charge in [0.2, 0.25) is 5.91 Å². The van der Waals surface area contributed by atoms with E-state index in [2.05, 4.69) is 21.2 Å². The van der Waals surface area contributed by atoms with Crippen LogP contribution < -0.4 is 5.32 Å². The van der Waals surface area contributed by atoms with Crippen molar-refractivity contribution in [2.45, 2.75) is 32.0 Å². The number of alkyl halides is 1. The number of rotatable bonds is 4. The first kappa shape index (κ1) is 13.2. The molecular formula is C13H18BrNO. The summed E-state index contributed by atoms with van der Waals surface area (Å²) in [5.74, 6) is 0.462. The van der Waals surface area contributed by atoms with Crippen molar-refractivity contribution in [2.75, 3.05) is 5.32 Å². The Morgan fingerprint density at radius 3 is 2.50 bits per heavy atom. The Morgan fingerprint density at radius 2 is 1.94 bits per heavy atom. The molecule has 0 spiro atoms. The van der Waals surface area contributed by atoms with Crippen molar-refractivity contribution < 1.29 is 4.79 Å². The smallest absolute Gasteiger partial charge is 0.224 e. The van der Waals surface area contributed by atoms with Gasteiger partial charge in [0.15, 0.2) is 0 Å². The summed E-state index contributed by atoms with van der Waals surface area (Å²) in [4.78, 5) is 11.9. The molecule has 88 valence electrons. The lowest BCUT2D eigenvalue weighted by atomic mass is 10.1. The fourth-order valence-electron chi connectivity index (χ4n) is 1.53. The van der Waals surface area contributed by atoms with Crippen LogP contribution in [0.4, 0.5) is 5.69 Å². The first-order valence-corrected chi connectivity index (χ1v) is 6.45. The molecule has 1 rings (SSSR count). The summed E-state index contributed by atoms with van der Waals surface area (Å²) in [5.41, 5.74) is 2.01. The van der Waals surface area contributed by atoms with E-state index in [4.69, 9.17) is 0 Å². The van der Waals surface area contributed by atoms with E-state index >= 15 is 0 Å². The molecule has 0 aliphatic heterocycles. The van der Waals surface area contributed by atoms with E-state index in [1.165, 1.54) is 0 Å². The Morgan fingerprint density at radius 1 is 1.31 bits per heavy atom. The van der Waals surface area contributed by atoms with E-state index in [0.29, 0.717) is 12.3 Å². The van der Waals surface area contributed by atoms with Gasteiger partial charge in [-0.05, 0) is 24.5 Å². The van der Waals surface area contributed by atoms with Crippen LogP contribution in [-0.2, 0) is 4.79 Å². The van der Waals surface area contributed by atoms with Crippen LogP contribution in [0.15, 0.2) is 24.3 Å². The number of benzene rings is 1. The van der Waals surface area contributed by atoms with Crippen molar-refractivity contribution >= 4 is 27.5 Å². The maximum Gasteiger partial charge on any atom is 0.224 e. The van der Waals surface area contributed by atoms with Crippen molar-refractivity contribution in [3.8, 4) is 0 Å². The van der Waals surface area contributed by atoms with Gasteiger partial charge in [-0.3, -0.25) is 4.79 Å². The molecule has 0 fully saturated rings. The average Bonchev–Trinajstić information content (AvgIpc) is 2.16. The number of hydrogen-bond acceptors (Lipinski definition) is 1. The quantitative estimate of drug-likeness (QED) is 0.828. The van der Waals surface area contributed by atoms with Gasteiger partial charge < -0.3 is 5.32 Å². The van der Waals surface area contributed by atoms with Gasteiger partial charge >= 0.3 is 0 Å². The van der Waals surface area contributed by atoms with Crippen molar-refractivity contribution in [3.05, 3.63) is 29.8 Å². The topological polar surface area (TPSA) is 29.1 Å². The zero-order chi connectivity index (χ0) is 12.1. The lowest BCUT2D eigenvalue weighted by Crippen LogP contribution is -2.15. The van der Waals surface area contributed by atoms with E-state index < -0.39 is 0 Å². The van der Waals surface area contributed by atoms with Crippen LogP contribution in [-0.4, -0.2) is 5.91 Å². The second kappa shape index (κ2) is 6.04. The van der Waals surface area contributed by atoms with Crippen LogP contribution in [0, 0.1) is 5.92 Å². The van der Waals surface area contributed by atoms with Crippen molar-refractivity contribution in [3.63, 3.8) is 0 Å². The second-order valence-electron chi connectivity index (χ2n) is 4.35. The first-order valence-electron chi connectivity index (χ1n) is 5.53. The van der Waals surface area contributed by atoms with Crippen LogP contribution in [0.2, 0.25) is 0 Å². The minimum atomic E-state index is 0.0793. The number of nitrogens with one attached hydrogen (secondary N) is 1. The maximum atomic E-state index is 11.7. The number of para-hydroxylation sites is 1. The number of carbonyl (C=O) groups is 1. The molecule has 1 aromatic carbocycles. The SMILES string of the molecule is CC(C)CC(=O)Nc1ccccc1C(C)Br. The Kier molecular flexibility index (Phi) is 5.00.